The second-order valence-corrected chi connectivity index (χ2v) is 5.96. The summed E-state index contributed by atoms with van der Waals surface area (Å²) in [6, 6.07) is 0. The minimum Gasteiger partial charge on any atom is 0.0195 e. The Hall–Kier alpha value is 1.08. The minimum atomic E-state index is 0.925. The Balaban J connectivity index is 2.55. The quantitative estimate of drug-likeness (QED) is 0.475. The predicted molar refractivity (Wildman–Crippen MR) is 30.1 cm³/mol. The van der Waals surface area contributed by atoms with Gasteiger partial charge >= 0.3 is 0 Å². The minimum absolute atomic E-state index is 0.925. The molecular weight excluding hydrogens is 154 g/mol. The van der Waals surface area contributed by atoms with Crippen molar-refractivity contribution in [3.05, 3.63) is 0 Å². The van der Waals surface area contributed by atoms with Crippen LogP contribution in [0.15, 0.2) is 0 Å². The lowest BCUT2D eigenvalue weighted by Gasteiger charge is -1.28. The first-order valence-corrected chi connectivity index (χ1v) is 6.30. The van der Waals surface area contributed by atoms with Crippen molar-refractivity contribution in [3.63, 3.8) is 0 Å². The molecule has 0 fully saturated rings. The molecule has 0 aliphatic rings. The van der Waals surface area contributed by atoms with Gasteiger partial charge in [0.05, 0.1) is 0 Å². The van der Waals surface area contributed by atoms with E-state index in [9.17, 15) is 0 Å². The van der Waals surface area contributed by atoms with Gasteiger partial charge in [0, 0.05) is 6.66 Å². The van der Waals surface area contributed by atoms with Gasteiger partial charge in [0.25, 0.3) is 0 Å². The smallest absolute Gasteiger partial charge is 0.0195 e. The molecule has 0 bridgehead atoms. The SMILES string of the molecule is CP=[PH+]Br. The Morgan fingerprint density at radius 1 is 2.00 bits per heavy atom. The number of halogens is 1. The van der Waals surface area contributed by atoms with Crippen LogP contribution in [0.25, 0.3) is 0 Å². The Morgan fingerprint density at radius 2 is 2.25 bits per heavy atom. The van der Waals surface area contributed by atoms with Crippen LogP contribution in [-0.2, 0) is 0 Å². The van der Waals surface area contributed by atoms with E-state index < -0.39 is 0 Å². The Labute approximate surface area is 37.1 Å². The molecule has 0 amide bonds. The molecule has 0 aromatic heterocycles. The lowest BCUT2D eigenvalue weighted by atomic mass is 12.0. The van der Waals surface area contributed by atoms with Crippen LogP contribution in [0.5, 0.6) is 0 Å². The zero-order valence-corrected chi connectivity index (χ0v) is 5.81. The molecule has 0 nitrogen and oxygen atoms in total. The van der Waals surface area contributed by atoms with E-state index >= 15 is 0 Å². The molecule has 0 radical (unpaired) electrons. The standard InChI is InChI=1S/CH3BrP2/c1-3-4-2/h1H3/p+1. The lowest BCUT2D eigenvalue weighted by Crippen LogP contribution is -0.927. The number of hydrogen-bond acceptors (Lipinski definition) is 0. The average molecular weight is 158 g/mol. The van der Waals surface area contributed by atoms with Crippen molar-refractivity contribution in [1.29, 1.82) is 0 Å². The summed E-state index contributed by atoms with van der Waals surface area (Å²) in [7, 11) is 1.44. The van der Waals surface area contributed by atoms with E-state index in [0.29, 0.717) is 0 Å². The fraction of sp³-hybridized carbons (Fsp3) is 1.00. The van der Waals surface area contributed by atoms with Gasteiger partial charge in [-0.2, -0.15) is 0 Å². The molecule has 0 aliphatic heterocycles. The zero-order valence-electron chi connectivity index (χ0n) is 2.33. The molecule has 4 heavy (non-hydrogen) atoms. The topological polar surface area (TPSA) is 0 Å². The summed E-state index contributed by atoms with van der Waals surface area (Å²) in [5, 5.41) is 0. The van der Waals surface area contributed by atoms with E-state index in [-0.39, 0.29) is 0 Å². The van der Waals surface area contributed by atoms with Gasteiger partial charge in [0.1, 0.15) is 7.87 Å². The Morgan fingerprint density at radius 3 is 2.25 bits per heavy atom. The molecule has 0 N–H and O–H groups in total. The molecule has 0 saturated carbocycles. The molecule has 0 heterocycles. The zero-order chi connectivity index (χ0) is 3.41. The van der Waals surface area contributed by atoms with Crippen molar-refractivity contribution < 1.29 is 0 Å². The Bertz CT molecular complexity index is 21.2. The van der Waals surface area contributed by atoms with Gasteiger partial charge in [-0.25, -0.2) is 0 Å². The summed E-state index contributed by atoms with van der Waals surface area (Å²) < 4.78 is 0. The van der Waals surface area contributed by atoms with E-state index in [0.717, 1.165) is 6.57 Å². The van der Waals surface area contributed by atoms with Gasteiger partial charge in [-0.05, 0) is 0 Å². The van der Waals surface area contributed by atoms with Crippen molar-refractivity contribution in [2.24, 2.45) is 0 Å². The monoisotopic (exact) mass is 157 g/mol. The highest BCUT2D eigenvalue weighted by atomic mass is 79.9. The summed E-state index contributed by atoms with van der Waals surface area (Å²) in [5.41, 5.74) is 0. The molecule has 0 aromatic carbocycles. The maximum atomic E-state index is 3.26. The first kappa shape index (κ1) is 5.08. The molecule has 24 valence electrons. The molecule has 0 spiro atoms. The van der Waals surface area contributed by atoms with Crippen LogP contribution in [0.3, 0.4) is 0 Å². The molecule has 0 saturated heterocycles. The predicted octanol–water partition coefficient (Wildman–Crippen LogP) is 2.47. The molecule has 1 unspecified atom stereocenters. The van der Waals surface area contributed by atoms with Crippen LogP contribution < -0.4 is 0 Å². The van der Waals surface area contributed by atoms with Crippen LogP contribution in [0, 0.1) is 0 Å². The van der Waals surface area contributed by atoms with E-state index in [1.807, 2.05) is 0 Å². The average Bonchev–Trinajstić information content (AvgIpc) is 1.37. The second-order valence-electron chi connectivity index (χ2n) is 0.308. The largest absolute Gasteiger partial charge is 0.212 e. The van der Waals surface area contributed by atoms with Crippen LogP contribution in [0.1, 0.15) is 0 Å². The van der Waals surface area contributed by atoms with Crippen LogP contribution >= 0.6 is 29.9 Å². The maximum absolute atomic E-state index is 3.26. The fourth-order valence-corrected chi connectivity index (χ4v) is 0. The van der Waals surface area contributed by atoms with E-state index in [2.05, 4.69) is 22.2 Å². The fourth-order valence-electron chi connectivity index (χ4n) is 0. The number of hydrogen-bond donors (Lipinski definition) is 0. The van der Waals surface area contributed by atoms with Crippen molar-refractivity contribution in [2.75, 3.05) is 6.66 Å². The third-order valence-electron chi connectivity index (χ3n) is 0.0845. The Kier molecular flexibility index (Phi) is 5.18. The van der Waals surface area contributed by atoms with Gasteiger partial charge in [-0.15, -0.1) is 0 Å². The van der Waals surface area contributed by atoms with Crippen LogP contribution in [-0.4, -0.2) is 6.66 Å². The first-order chi connectivity index (χ1) is 1.91. The van der Waals surface area contributed by atoms with Gasteiger partial charge in [-0.3, -0.25) is 0 Å². The first-order valence-electron chi connectivity index (χ1n) is 0.860. The van der Waals surface area contributed by atoms with Gasteiger partial charge < -0.3 is 0 Å². The van der Waals surface area contributed by atoms with Gasteiger partial charge in [0.15, 0.2) is 6.57 Å². The molecule has 0 aliphatic carbocycles. The highest BCUT2D eigenvalue weighted by Gasteiger charge is 1.56. The molecule has 0 rings (SSSR count). The summed E-state index contributed by atoms with van der Waals surface area (Å²) in [4.78, 5) is 0. The second kappa shape index (κ2) is 4.08. The van der Waals surface area contributed by atoms with Crippen molar-refractivity contribution in [2.45, 2.75) is 0 Å². The normalized spacial score (nSPS) is 9.50. The van der Waals surface area contributed by atoms with Gasteiger partial charge in [0.2, 0.25) is 15.5 Å². The van der Waals surface area contributed by atoms with Crippen molar-refractivity contribution in [3.8, 4) is 0 Å². The van der Waals surface area contributed by atoms with Crippen LogP contribution in [0.4, 0.5) is 0 Å². The molecular formula is CH4BrP2+. The summed E-state index contributed by atoms with van der Waals surface area (Å²) in [5.74, 6) is 0. The lowest BCUT2D eigenvalue weighted by molar-refractivity contribution is 2.52. The maximum Gasteiger partial charge on any atom is 0.212 e. The molecule has 1 atom stereocenters. The summed E-state index contributed by atoms with van der Waals surface area (Å²) >= 11 is 3.26. The van der Waals surface area contributed by atoms with E-state index in [4.69, 9.17) is 0 Å². The highest BCUT2D eigenvalue weighted by molar-refractivity contribution is 9.37. The van der Waals surface area contributed by atoms with Crippen LogP contribution in [0.2, 0.25) is 0 Å². The third-order valence-corrected chi connectivity index (χ3v) is 3.95. The number of rotatable bonds is 0. The van der Waals surface area contributed by atoms with E-state index in [1.54, 1.807) is 0 Å². The van der Waals surface area contributed by atoms with Gasteiger partial charge in [-0.1, -0.05) is 0 Å². The summed E-state index contributed by atoms with van der Waals surface area (Å²) in [6.07, 6.45) is 0. The molecule has 3 heteroatoms. The molecule has 0 aromatic rings. The third kappa shape index (κ3) is 3.08. The van der Waals surface area contributed by atoms with Crippen molar-refractivity contribution in [1.82, 2.24) is 0 Å². The van der Waals surface area contributed by atoms with Crippen molar-refractivity contribution >= 4 is 29.9 Å². The highest BCUT2D eigenvalue weighted by Crippen LogP contribution is 2.18. The van der Waals surface area contributed by atoms with E-state index in [1.165, 1.54) is 7.87 Å². The summed E-state index contributed by atoms with van der Waals surface area (Å²) in [6.45, 7) is 3.04.